The van der Waals surface area contributed by atoms with Crippen LogP contribution in [0.15, 0.2) is 66.8 Å². The smallest absolute Gasteiger partial charge is 0.00744 e. The highest BCUT2D eigenvalue weighted by Crippen LogP contribution is 2.47. The van der Waals surface area contributed by atoms with E-state index in [2.05, 4.69) is 117 Å². The first-order valence-corrected chi connectivity index (χ1v) is 12.6. The molecule has 1 unspecified atom stereocenters. The molecule has 1 aliphatic rings. The molecule has 2 aromatic carbocycles. The topological polar surface area (TPSA) is 0 Å². The van der Waals surface area contributed by atoms with Gasteiger partial charge in [0.25, 0.3) is 0 Å². The molecule has 1 aliphatic carbocycles. The van der Waals surface area contributed by atoms with Gasteiger partial charge >= 0.3 is 0 Å². The lowest BCUT2D eigenvalue weighted by Crippen LogP contribution is -2.34. The Morgan fingerprint density at radius 1 is 0.848 bits per heavy atom. The van der Waals surface area contributed by atoms with Gasteiger partial charge in [0.05, 0.1) is 0 Å². The summed E-state index contributed by atoms with van der Waals surface area (Å²) in [5.74, 6) is 0.947. The van der Waals surface area contributed by atoms with E-state index in [4.69, 9.17) is 0 Å². The molecule has 0 heteroatoms. The van der Waals surface area contributed by atoms with Crippen LogP contribution in [-0.4, -0.2) is 0 Å². The monoisotopic (exact) mass is 440 g/mol. The number of rotatable bonds is 6. The predicted octanol–water partition coefficient (Wildman–Crippen LogP) is 9.86. The minimum absolute atomic E-state index is 0.237. The van der Waals surface area contributed by atoms with Crippen LogP contribution in [0.5, 0.6) is 0 Å². The molecule has 0 heterocycles. The maximum atomic E-state index is 3.94. The van der Waals surface area contributed by atoms with Crippen molar-refractivity contribution in [3.05, 3.63) is 94.6 Å². The zero-order valence-corrected chi connectivity index (χ0v) is 22.5. The van der Waals surface area contributed by atoms with Crippen molar-refractivity contribution in [2.45, 2.75) is 91.9 Å². The predicted molar refractivity (Wildman–Crippen MR) is 148 cm³/mol. The summed E-state index contributed by atoms with van der Waals surface area (Å²) in [4.78, 5) is 0. The summed E-state index contributed by atoms with van der Waals surface area (Å²) in [7, 11) is 0. The molecular weight excluding hydrogens is 396 g/mol. The highest BCUT2D eigenvalue weighted by atomic mass is 14.4. The summed E-state index contributed by atoms with van der Waals surface area (Å²) in [5, 5.41) is 0. The first-order chi connectivity index (χ1) is 15.4. The van der Waals surface area contributed by atoms with Crippen LogP contribution < -0.4 is 0 Å². The summed E-state index contributed by atoms with van der Waals surface area (Å²) < 4.78 is 0. The molecule has 0 spiro atoms. The van der Waals surface area contributed by atoms with Gasteiger partial charge in [-0.2, -0.15) is 0 Å². The van der Waals surface area contributed by atoms with Crippen LogP contribution in [0.4, 0.5) is 0 Å². The molecule has 0 aromatic heterocycles. The van der Waals surface area contributed by atoms with Gasteiger partial charge in [-0.3, -0.25) is 0 Å². The van der Waals surface area contributed by atoms with Gasteiger partial charge in [-0.25, -0.2) is 0 Å². The second-order valence-electron chi connectivity index (χ2n) is 11.6. The summed E-state index contributed by atoms with van der Waals surface area (Å²) in [6.45, 7) is 25.0. The molecule has 3 rings (SSSR count). The van der Waals surface area contributed by atoms with Crippen LogP contribution in [0, 0.1) is 5.92 Å². The molecule has 0 amide bonds. The van der Waals surface area contributed by atoms with Crippen LogP contribution in [0.25, 0.3) is 11.1 Å². The zero-order chi connectivity index (χ0) is 24.6. The minimum atomic E-state index is 0.237. The zero-order valence-electron chi connectivity index (χ0n) is 22.5. The second kappa shape index (κ2) is 9.49. The van der Waals surface area contributed by atoms with E-state index in [0.29, 0.717) is 11.8 Å². The molecule has 176 valence electrons. The van der Waals surface area contributed by atoms with Gasteiger partial charge in [-0.1, -0.05) is 108 Å². The fraction of sp³-hybridized carbons (Fsp3) is 0.455. The molecule has 0 saturated heterocycles. The first-order valence-electron chi connectivity index (χ1n) is 12.6. The highest BCUT2D eigenvalue weighted by molar-refractivity contribution is 5.75. The maximum Gasteiger partial charge on any atom is 0.00744 e. The van der Waals surface area contributed by atoms with Crippen LogP contribution in [0.1, 0.15) is 109 Å². The van der Waals surface area contributed by atoms with Crippen molar-refractivity contribution < 1.29 is 0 Å². The van der Waals surface area contributed by atoms with Crippen molar-refractivity contribution in [1.82, 2.24) is 0 Å². The average Bonchev–Trinajstić information content (AvgIpc) is 2.77. The Kier molecular flexibility index (Phi) is 7.27. The van der Waals surface area contributed by atoms with E-state index in [1.54, 1.807) is 11.1 Å². The van der Waals surface area contributed by atoms with Crippen molar-refractivity contribution in [3.8, 4) is 0 Å². The Bertz CT molecular complexity index is 1070. The van der Waals surface area contributed by atoms with Gasteiger partial charge in [0, 0.05) is 5.92 Å². The normalized spacial score (nSPS) is 19.0. The Labute approximate surface area is 203 Å². The Hall–Kier alpha value is -2.34. The molecule has 0 bridgehead atoms. The van der Waals surface area contributed by atoms with Crippen molar-refractivity contribution >= 4 is 11.1 Å². The molecule has 0 nitrogen and oxygen atoms in total. The summed E-state index contributed by atoms with van der Waals surface area (Å²) in [6.07, 6.45) is 6.55. The summed E-state index contributed by atoms with van der Waals surface area (Å²) in [6, 6.07) is 16.4. The van der Waals surface area contributed by atoms with Crippen molar-refractivity contribution in [2.24, 2.45) is 5.92 Å². The third-order valence-corrected chi connectivity index (χ3v) is 8.14. The number of benzene rings is 2. The van der Waals surface area contributed by atoms with Crippen molar-refractivity contribution in [3.63, 3.8) is 0 Å². The van der Waals surface area contributed by atoms with Gasteiger partial charge in [-0.05, 0) is 89.3 Å². The number of fused-ring (bicyclic) bond motifs is 1. The fourth-order valence-corrected chi connectivity index (χ4v) is 5.71. The molecule has 1 atom stereocenters. The van der Waals surface area contributed by atoms with Crippen molar-refractivity contribution in [1.29, 1.82) is 0 Å². The quantitative estimate of drug-likeness (QED) is 0.392. The average molecular weight is 441 g/mol. The minimum Gasteiger partial charge on any atom is -0.0985 e. The molecule has 0 aliphatic heterocycles. The van der Waals surface area contributed by atoms with Gasteiger partial charge in [0.15, 0.2) is 0 Å². The molecule has 0 N–H and O–H groups in total. The van der Waals surface area contributed by atoms with Crippen LogP contribution in [0.2, 0.25) is 0 Å². The van der Waals surface area contributed by atoms with E-state index in [1.165, 1.54) is 46.3 Å². The fourth-order valence-electron chi connectivity index (χ4n) is 5.71. The molecule has 2 aromatic rings. The van der Waals surface area contributed by atoms with E-state index in [1.807, 2.05) is 6.08 Å². The second-order valence-corrected chi connectivity index (χ2v) is 11.6. The van der Waals surface area contributed by atoms with E-state index in [9.17, 15) is 0 Å². The van der Waals surface area contributed by atoms with Crippen molar-refractivity contribution in [2.75, 3.05) is 0 Å². The third kappa shape index (κ3) is 4.96. The standard InChI is InChI=1S/C33H44/c1-11-25(12-2)27-15-13-26(14-16-27)23(5)24(6)31(22(3)4)28-17-18-29-30(21-28)33(9,10)20-19-32(29,7)8/h11-18,21-22,31H,1,19-20H2,2-10H3/b24-23+,25-12?. The van der Waals surface area contributed by atoms with E-state index < -0.39 is 0 Å². The van der Waals surface area contributed by atoms with E-state index >= 15 is 0 Å². The van der Waals surface area contributed by atoms with Gasteiger partial charge < -0.3 is 0 Å². The molecule has 0 radical (unpaired) electrons. The lowest BCUT2D eigenvalue weighted by Gasteiger charge is -2.42. The Balaban J connectivity index is 2.06. The molecule has 0 fully saturated rings. The Morgan fingerprint density at radius 3 is 1.91 bits per heavy atom. The summed E-state index contributed by atoms with van der Waals surface area (Å²) >= 11 is 0. The number of hydrogen-bond donors (Lipinski definition) is 0. The van der Waals surface area contributed by atoms with Gasteiger partial charge in [0.1, 0.15) is 0 Å². The van der Waals surface area contributed by atoms with Crippen LogP contribution in [0.3, 0.4) is 0 Å². The molecule has 0 saturated carbocycles. The van der Waals surface area contributed by atoms with E-state index in [0.717, 1.165) is 0 Å². The third-order valence-electron chi connectivity index (χ3n) is 8.14. The highest BCUT2D eigenvalue weighted by Gasteiger charge is 2.37. The lowest BCUT2D eigenvalue weighted by atomic mass is 9.62. The maximum absolute atomic E-state index is 3.94. The number of allylic oxidation sites excluding steroid dienone is 5. The van der Waals surface area contributed by atoms with Crippen LogP contribution in [-0.2, 0) is 10.8 Å². The Morgan fingerprint density at radius 2 is 1.39 bits per heavy atom. The van der Waals surface area contributed by atoms with E-state index in [-0.39, 0.29) is 10.8 Å². The SMILES string of the molecule is C=CC(=CC)c1ccc(/C(C)=C(\C)C(c2ccc3c(c2)C(C)(C)CCC3(C)C)C(C)C)cc1. The van der Waals surface area contributed by atoms with Gasteiger partial charge in [-0.15, -0.1) is 0 Å². The molecular formula is C33H44. The van der Waals surface area contributed by atoms with Gasteiger partial charge in [0.2, 0.25) is 0 Å². The lowest BCUT2D eigenvalue weighted by molar-refractivity contribution is 0.331. The first kappa shape index (κ1) is 25.3. The van der Waals surface area contributed by atoms with Crippen LogP contribution >= 0.6 is 0 Å². The number of hydrogen-bond acceptors (Lipinski definition) is 0. The summed E-state index contributed by atoms with van der Waals surface area (Å²) in [5.41, 5.74) is 11.6. The molecule has 33 heavy (non-hydrogen) atoms. The largest absolute Gasteiger partial charge is 0.0985 e.